The van der Waals surface area contributed by atoms with E-state index < -0.39 is 18.0 Å². The third-order valence-corrected chi connectivity index (χ3v) is 2.60. The Morgan fingerprint density at radius 3 is 2.63 bits per heavy atom. The van der Waals surface area contributed by atoms with Gasteiger partial charge >= 0.3 is 12.0 Å². The normalized spacial score (nSPS) is 11.7. The maximum absolute atomic E-state index is 13.0. The number of amides is 2. The predicted octanol–water partition coefficient (Wildman–Crippen LogP) is 2.51. The molecule has 6 heteroatoms. The molecule has 0 fully saturated rings. The van der Waals surface area contributed by atoms with Crippen molar-refractivity contribution < 1.29 is 19.1 Å². The molecule has 1 atom stereocenters. The number of urea groups is 1. The van der Waals surface area contributed by atoms with Gasteiger partial charge in [0.1, 0.15) is 11.9 Å². The van der Waals surface area contributed by atoms with E-state index in [-0.39, 0.29) is 5.82 Å². The van der Waals surface area contributed by atoms with Gasteiger partial charge in [0.15, 0.2) is 0 Å². The van der Waals surface area contributed by atoms with Crippen LogP contribution in [0, 0.1) is 12.7 Å². The highest BCUT2D eigenvalue weighted by atomic mass is 19.1. The van der Waals surface area contributed by atoms with Gasteiger partial charge in [-0.3, -0.25) is 0 Å². The van der Waals surface area contributed by atoms with Crippen molar-refractivity contribution in [1.82, 2.24) is 5.32 Å². The van der Waals surface area contributed by atoms with Crippen molar-refractivity contribution in [3.63, 3.8) is 0 Å². The van der Waals surface area contributed by atoms with Crippen molar-refractivity contribution in [3.05, 3.63) is 29.6 Å². The molecule has 0 radical (unpaired) electrons. The summed E-state index contributed by atoms with van der Waals surface area (Å²) in [5, 5.41) is 13.7. The number of hydrogen-bond acceptors (Lipinski definition) is 2. The fourth-order valence-corrected chi connectivity index (χ4v) is 1.59. The summed E-state index contributed by atoms with van der Waals surface area (Å²) in [5.41, 5.74) is 0.818. The molecule has 0 spiro atoms. The predicted molar refractivity (Wildman–Crippen MR) is 69.6 cm³/mol. The Morgan fingerprint density at radius 1 is 1.42 bits per heavy atom. The maximum Gasteiger partial charge on any atom is 0.326 e. The second-order valence-electron chi connectivity index (χ2n) is 4.24. The van der Waals surface area contributed by atoms with Gasteiger partial charge in [0.25, 0.3) is 0 Å². The number of nitrogens with one attached hydrogen (secondary N) is 2. The van der Waals surface area contributed by atoms with E-state index in [4.69, 9.17) is 5.11 Å². The van der Waals surface area contributed by atoms with Crippen LogP contribution in [-0.4, -0.2) is 23.1 Å². The Labute approximate surface area is 110 Å². The van der Waals surface area contributed by atoms with Crippen LogP contribution in [0.1, 0.15) is 25.3 Å². The van der Waals surface area contributed by atoms with Gasteiger partial charge in [0, 0.05) is 5.69 Å². The van der Waals surface area contributed by atoms with E-state index in [0.29, 0.717) is 24.1 Å². The van der Waals surface area contributed by atoms with Crippen molar-refractivity contribution in [2.75, 3.05) is 5.32 Å². The number of carboxylic acid groups (broad SMARTS) is 1. The number of anilines is 1. The molecule has 0 heterocycles. The molecule has 1 aromatic rings. The van der Waals surface area contributed by atoms with Gasteiger partial charge < -0.3 is 15.7 Å². The zero-order valence-corrected chi connectivity index (χ0v) is 10.9. The number of aryl methyl sites for hydroxylation is 1. The molecule has 1 aromatic carbocycles. The highest BCUT2D eigenvalue weighted by molar-refractivity contribution is 5.92. The van der Waals surface area contributed by atoms with Crippen molar-refractivity contribution in [2.24, 2.45) is 0 Å². The Bertz CT molecular complexity index is 477. The van der Waals surface area contributed by atoms with Gasteiger partial charge in [-0.15, -0.1) is 0 Å². The topological polar surface area (TPSA) is 78.4 Å². The highest BCUT2D eigenvalue weighted by Crippen LogP contribution is 2.13. The average molecular weight is 268 g/mol. The molecule has 5 nitrogen and oxygen atoms in total. The lowest BCUT2D eigenvalue weighted by Crippen LogP contribution is -2.42. The highest BCUT2D eigenvalue weighted by Gasteiger charge is 2.18. The van der Waals surface area contributed by atoms with Crippen LogP contribution in [0.4, 0.5) is 14.9 Å². The molecule has 0 saturated heterocycles. The molecule has 0 bridgehead atoms. The SMILES string of the molecule is CCCC(NC(=O)Nc1ccc(F)c(C)c1)C(=O)O. The van der Waals surface area contributed by atoms with Gasteiger partial charge in [0.2, 0.25) is 0 Å². The Kier molecular flexibility index (Phi) is 5.29. The largest absolute Gasteiger partial charge is 0.480 e. The quantitative estimate of drug-likeness (QED) is 0.767. The van der Waals surface area contributed by atoms with Crippen molar-refractivity contribution >= 4 is 17.7 Å². The van der Waals surface area contributed by atoms with Crippen LogP contribution < -0.4 is 10.6 Å². The standard InChI is InChI=1S/C13H17FN2O3/c1-3-4-11(12(17)18)16-13(19)15-9-5-6-10(14)8(2)7-9/h5-7,11H,3-4H2,1-2H3,(H,17,18)(H2,15,16,19). The number of carbonyl (C=O) groups is 2. The molecule has 1 rings (SSSR count). The fraction of sp³-hybridized carbons (Fsp3) is 0.385. The summed E-state index contributed by atoms with van der Waals surface area (Å²) in [7, 11) is 0. The third-order valence-electron chi connectivity index (χ3n) is 2.60. The molecule has 3 N–H and O–H groups in total. The van der Waals surface area contributed by atoms with Gasteiger partial charge in [-0.1, -0.05) is 13.3 Å². The summed E-state index contributed by atoms with van der Waals surface area (Å²) in [6.45, 7) is 3.41. The van der Waals surface area contributed by atoms with Gasteiger partial charge in [-0.25, -0.2) is 14.0 Å². The first-order chi connectivity index (χ1) is 8.93. The summed E-state index contributed by atoms with van der Waals surface area (Å²) in [4.78, 5) is 22.5. The van der Waals surface area contributed by atoms with Crippen LogP contribution in [0.25, 0.3) is 0 Å². The van der Waals surface area contributed by atoms with Crippen LogP contribution in [0.15, 0.2) is 18.2 Å². The molecule has 0 saturated carbocycles. The summed E-state index contributed by atoms with van der Waals surface area (Å²) in [6.07, 6.45) is 0.998. The lowest BCUT2D eigenvalue weighted by Gasteiger charge is -2.14. The number of hydrogen-bond donors (Lipinski definition) is 3. The second-order valence-corrected chi connectivity index (χ2v) is 4.24. The van der Waals surface area contributed by atoms with Crippen molar-refractivity contribution in [1.29, 1.82) is 0 Å². The lowest BCUT2D eigenvalue weighted by molar-refractivity contribution is -0.139. The molecule has 0 aliphatic heterocycles. The summed E-state index contributed by atoms with van der Waals surface area (Å²) in [5.74, 6) is -1.44. The molecule has 0 aliphatic rings. The molecule has 2 amide bonds. The number of carboxylic acids is 1. The van der Waals surface area contributed by atoms with Gasteiger partial charge in [-0.2, -0.15) is 0 Å². The maximum atomic E-state index is 13.0. The number of rotatable bonds is 5. The van der Waals surface area contributed by atoms with Gasteiger partial charge in [-0.05, 0) is 37.1 Å². The minimum atomic E-state index is -1.08. The van der Waals surface area contributed by atoms with E-state index >= 15 is 0 Å². The zero-order valence-electron chi connectivity index (χ0n) is 10.9. The Hall–Kier alpha value is -2.11. The number of aliphatic carboxylic acids is 1. The molecule has 0 aromatic heterocycles. The molecule has 19 heavy (non-hydrogen) atoms. The van der Waals surface area contributed by atoms with E-state index in [0.717, 1.165) is 0 Å². The minimum absolute atomic E-state index is 0.352. The molecule has 1 unspecified atom stereocenters. The Morgan fingerprint density at radius 2 is 2.11 bits per heavy atom. The molecular weight excluding hydrogens is 251 g/mol. The summed E-state index contributed by atoms with van der Waals surface area (Å²) in [6, 6.07) is 2.59. The van der Waals surface area contributed by atoms with Crippen LogP contribution in [0.2, 0.25) is 0 Å². The minimum Gasteiger partial charge on any atom is -0.480 e. The van der Waals surface area contributed by atoms with Crippen LogP contribution in [-0.2, 0) is 4.79 Å². The molecule has 0 aliphatic carbocycles. The van der Waals surface area contributed by atoms with E-state index in [1.807, 2.05) is 6.92 Å². The van der Waals surface area contributed by atoms with Gasteiger partial charge in [0.05, 0.1) is 0 Å². The number of halogens is 1. The van der Waals surface area contributed by atoms with Crippen LogP contribution in [0.3, 0.4) is 0 Å². The zero-order chi connectivity index (χ0) is 14.4. The van der Waals surface area contributed by atoms with Crippen LogP contribution in [0.5, 0.6) is 0 Å². The summed E-state index contributed by atoms with van der Waals surface area (Å²) < 4.78 is 13.0. The number of carbonyl (C=O) groups excluding carboxylic acids is 1. The first kappa shape index (κ1) is 14.9. The Balaban J connectivity index is 2.63. The number of benzene rings is 1. The molecule has 104 valence electrons. The first-order valence-electron chi connectivity index (χ1n) is 6.00. The third kappa shape index (κ3) is 4.57. The first-order valence-corrected chi connectivity index (χ1v) is 6.00. The average Bonchev–Trinajstić information content (AvgIpc) is 2.33. The van der Waals surface area contributed by atoms with E-state index in [1.165, 1.54) is 18.2 Å². The van der Waals surface area contributed by atoms with E-state index in [1.54, 1.807) is 6.92 Å². The van der Waals surface area contributed by atoms with Crippen molar-refractivity contribution in [3.8, 4) is 0 Å². The van der Waals surface area contributed by atoms with Crippen molar-refractivity contribution in [2.45, 2.75) is 32.7 Å². The summed E-state index contributed by atoms with van der Waals surface area (Å²) >= 11 is 0. The van der Waals surface area contributed by atoms with E-state index in [9.17, 15) is 14.0 Å². The lowest BCUT2D eigenvalue weighted by atomic mass is 10.2. The smallest absolute Gasteiger partial charge is 0.326 e. The van der Waals surface area contributed by atoms with E-state index in [2.05, 4.69) is 10.6 Å². The second kappa shape index (κ2) is 6.72. The molecular formula is C13H17FN2O3. The van der Waals surface area contributed by atoms with Crippen LogP contribution >= 0.6 is 0 Å². The fourth-order valence-electron chi connectivity index (χ4n) is 1.59. The monoisotopic (exact) mass is 268 g/mol.